The number of urea groups is 1. The van der Waals surface area contributed by atoms with Gasteiger partial charge in [0.25, 0.3) is 5.91 Å². The summed E-state index contributed by atoms with van der Waals surface area (Å²) in [6.07, 6.45) is 0.0169. The molecule has 36 heavy (non-hydrogen) atoms. The average Bonchev–Trinajstić information content (AvgIpc) is 3.64. The Hall–Kier alpha value is -2.80. The number of hydrogen-bond acceptors (Lipinski definition) is 9. The van der Waals surface area contributed by atoms with Crippen molar-refractivity contribution in [2.24, 2.45) is 5.92 Å². The molecule has 2 N–H and O–H groups in total. The molecule has 2 amide bonds. The van der Waals surface area contributed by atoms with E-state index in [9.17, 15) is 19.5 Å². The molecule has 10 nitrogen and oxygen atoms in total. The summed E-state index contributed by atoms with van der Waals surface area (Å²) < 4.78 is 1.86. The summed E-state index contributed by atoms with van der Waals surface area (Å²) in [6, 6.07) is 5.16. The molecule has 2 fully saturated rings. The lowest BCUT2D eigenvalue weighted by Gasteiger charge is -2.36. The van der Waals surface area contributed by atoms with Gasteiger partial charge in [-0.1, -0.05) is 18.5 Å². The molecule has 3 atom stereocenters. The zero-order valence-electron chi connectivity index (χ0n) is 19.5. The van der Waals surface area contributed by atoms with Crippen molar-refractivity contribution in [1.29, 1.82) is 0 Å². The van der Waals surface area contributed by atoms with E-state index in [-0.39, 0.29) is 48.5 Å². The molecule has 5 heterocycles. The highest BCUT2D eigenvalue weighted by Gasteiger charge is 2.41. The Labute approximate surface area is 220 Å². The van der Waals surface area contributed by atoms with E-state index in [1.54, 1.807) is 22.4 Å². The van der Waals surface area contributed by atoms with Crippen LogP contribution in [-0.4, -0.2) is 79.7 Å². The van der Waals surface area contributed by atoms with Crippen molar-refractivity contribution in [2.45, 2.75) is 31.9 Å². The van der Waals surface area contributed by atoms with Gasteiger partial charge in [-0.05, 0) is 35.9 Å². The monoisotopic (exact) mass is 548 g/mol. The van der Waals surface area contributed by atoms with Gasteiger partial charge in [0.1, 0.15) is 0 Å². The van der Waals surface area contributed by atoms with E-state index in [0.29, 0.717) is 36.0 Å². The molecule has 0 saturated carbocycles. The van der Waals surface area contributed by atoms with Crippen molar-refractivity contribution in [2.75, 3.05) is 31.5 Å². The normalized spacial score (nSPS) is 22.3. The highest BCUT2D eigenvalue weighted by molar-refractivity contribution is 7.16. The van der Waals surface area contributed by atoms with Crippen molar-refractivity contribution >= 4 is 57.9 Å². The fraction of sp³-hybridized carbons (Fsp3) is 0.435. The SMILES string of the molecule is CC1CN(C(=O)N2CCC(O)C2)CC(=O)C1c1nc(NCc2ccc(Cl)s2)n(C(=O)c2ccsc2)n1. The fourth-order valence-electron chi connectivity index (χ4n) is 4.62. The lowest BCUT2D eigenvalue weighted by molar-refractivity contribution is -0.125. The summed E-state index contributed by atoms with van der Waals surface area (Å²) in [4.78, 5) is 47.9. The number of aliphatic hydroxyl groups is 1. The molecule has 0 bridgehead atoms. The van der Waals surface area contributed by atoms with Crippen molar-refractivity contribution in [3.05, 3.63) is 49.6 Å². The molecule has 2 aliphatic rings. The summed E-state index contributed by atoms with van der Waals surface area (Å²) >= 11 is 8.86. The summed E-state index contributed by atoms with van der Waals surface area (Å²) in [5, 5.41) is 20.9. The Morgan fingerprint density at radius 1 is 1.25 bits per heavy atom. The topological polar surface area (TPSA) is 121 Å². The molecule has 0 spiro atoms. The molecule has 3 aromatic rings. The number of piperidine rings is 1. The number of nitrogens with one attached hydrogen (secondary N) is 1. The number of likely N-dealkylation sites (tertiary alicyclic amines) is 2. The molecule has 190 valence electrons. The zero-order valence-corrected chi connectivity index (χ0v) is 21.9. The van der Waals surface area contributed by atoms with Crippen molar-refractivity contribution in [3.8, 4) is 0 Å². The largest absolute Gasteiger partial charge is 0.391 e. The fourth-order valence-corrected chi connectivity index (χ4v) is 6.28. The van der Waals surface area contributed by atoms with Gasteiger partial charge in [-0.2, -0.15) is 21.0 Å². The van der Waals surface area contributed by atoms with Crippen LogP contribution in [0.4, 0.5) is 10.7 Å². The second-order valence-corrected chi connectivity index (χ2v) is 11.6. The number of Topliss-reactive ketones (excluding diaryl/α,β-unsaturated/α-hetero) is 1. The van der Waals surface area contributed by atoms with Crippen LogP contribution in [0.15, 0.2) is 29.0 Å². The minimum atomic E-state index is -0.647. The van der Waals surface area contributed by atoms with Gasteiger partial charge in [-0.25, -0.2) is 4.79 Å². The molecular weight excluding hydrogens is 524 g/mol. The number of hydrogen-bond donors (Lipinski definition) is 2. The zero-order chi connectivity index (χ0) is 25.4. The van der Waals surface area contributed by atoms with Crippen molar-refractivity contribution < 1.29 is 19.5 Å². The number of aromatic nitrogens is 3. The molecule has 0 radical (unpaired) electrons. The molecule has 3 unspecified atom stereocenters. The standard InChI is InChI=1S/C23H25ClN6O4S2/c1-13-9-29(23(34)28-6-4-15(31)10-28)11-17(32)19(13)20-26-22(25-8-16-2-3-18(24)36-16)30(27-20)21(33)14-5-7-35-12-14/h2-3,5,7,12-13,15,19,31H,4,6,8-11H2,1H3,(H,25,26,27). The van der Waals surface area contributed by atoms with E-state index in [4.69, 9.17) is 11.6 Å². The number of carbonyl (C=O) groups excluding carboxylic acids is 3. The van der Waals surface area contributed by atoms with Gasteiger partial charge in [0.2, 0.25) is 5.95 Å². The lowest BCUT2D eigenvalue weighted by atomic mass is 9.85. The maximum Gasteiger partial charge on any atom is 0.320 e. The first-order valence-corrected chi connectivity index (χ1v) is 13.7. The lowest BCUT2D eigenvalue weighted by Crippen LogP contribution is -2.52. The second kappa shape index (κ2) is 10.3. The third-order valence-electron chi connectivity index (χ3n) is 6.39. The van der Waals surface area contributed by atoms with Crippen molar-refractivity contribution in [3.63, 3.8) is 0 Å². The summed E-state index contributed by atoms with van der Waals surface area (Å²) in [7, 11) is 0. The molecule has 13 heteroatoms. The quantitative estimate of drug-likeness (QED) is 0.502. The first kappa shape index (κ1) is 24.9. The number of halogens is 1. The summed E-state index contributed by atoms with van der Waals surface area (Å²) in [5.74, 6) is -0.924. The first-order chi connectivity index (χ1) is 17.3. The van der Waals surface area contributed by atoms with E-state index in [1.165, 1.54) is 32.3 Å². The molecule has 2 saturated heterocycles. The van der Waals surface area contributed by atoms with Crippen LogP contribution in [0.2, 0.25) is 4.34 Å². The van der Waals surface area contributed by atoms with E-state index in [0.717, 1.165) is 4.88 Å². The third-order valence-corrected chi connectivity index (χ3v) is 8.30. The Balaban J connectivity index is 1.37. The smallest absolute Gasteiger partial charge is 0.320 e. The summed E-state index contributed by atoms with van der Waals surface area (Å²) in [6.45, 7) is 3.31. The minimum Gasteiger partial charge on any atom is -0.391 e. The first-order valence-electron chi connectivity index (χ1n) is 11.6. The Morgan fingerprint density at radius 3 is 2.72 bits per heavy atom. The van der Waals surface area contributed by atoms with Gasteiger partial charge < -0.3 is 20.2 Å². The van der Waals surface area contributed by atoms with E-state index in [2.05, 4.69) is 15.4 Å². The van der Waals surface area contributed by atoms with Crippen LogP contribution in [-0.2, 0) is 11.3 Å². The Morgan fingerprint density at radius 2 is 2.08 bits per heavy atom. The van der Waals surface area contributed by atoms with E-state index < -0.39 is 12.0 Å². The number of β-amino-alcohol motifs (C(OH)–C–C–N with tert-alkyl or cyclic N) is 1. The van der Waals surface area contributed by atoms with Gasteiger partial charge in [0, 0.05) is 29.9 Å². The predicted octanol–water partition coefficient (Wildman–Crippen LogP) is 3.15. The number of amides is 2. The van der Waals surface area contributed by atoms with Gasteiger partial charge in [0.15, 0.2) is 11.6 Å². The third kappa shape index (κ3) is 5.03. The highest BCUT2D eigenvalue weighted by Crippen LogP contribution is 2.31. The predicted molar refractivity (Wildman–Crippen MR) is 137 cm³/mol. The Bertz CT molecular complexity index is 1280. The molecule has 0 aromatic carbocycles. The highest BCUT2D eigenvalue weighted by atomic mass is 35.5. The van der Waals surface area contributed by atoms with Crippen LogP contribution in [0.3, 0.4) is 0 Å². The Kier molecular flexibility index (Phi) is 7.11. The van der Waals surface area contributed by atoms with Crippen LogP contribution in [0.5, 0.6) is 0 Å². The van der Waals surface area contributed by atoms with Crippen molar-refractivity contribution in [1.82, 2.24) is 24.6 Å². The molecular formula is C23H25ClN6O4S2. The number of nitrogens with zero attached hydrogens (tertiary/aromatic N) is 5. The average molecular weight is 549 g/mol. The van der Waals surface area contributed by atoms with Gasteiger partial charge in [-0.3, -0.25) is 9.59 Å². The van der Waals surface area contributed by atoms with Gasteiger partial charge >= 0.3 is 6.03 Å². The number of aliphatic hydroxyl groups excluding tert-OH is 1. The van der Waals surface area contributed by atoms with Crippen LogP contribution in [0.1, 0.15) is 40.3 Å². The van der Waals surface area contributed by atoms with E-state index >= 15 is 0 Å². The number of carbonyl (C=O) groups is 3. The second-order valence-electron chi connectivity index (χ2n) is 9.05. The van der Waals surface area contributed by atoms with Crippen LogP contribution in [0, 0.1) is 5.92 Å². The molecule has 2 aliphatic heterocycles. The summed E-state index contributed by atoms with van der Waals surface area (Å²) in [5.41, 5.74) is 0.478. The number of rotatable bonds is 5. The molecule has 5 rings (SSSR count). The number of ketones is 1. The maximum atomic E-state index is 13.2. The van der Waals surface area contributed by atoms with Crippen LogP contribution in [0.25, 0.3) is 0 Å². The van der Waals surface area contributed by atoms with Gasteiger partial charge in [0.05, 0.1) is 35.0 Å². The molecule has 0 aliphatic carbocycles. The minimum absolute atomic E-state index is 0.0656. The van der Waals surface area contributed by atoms with E-state index in [1.807, 2.05) is 18.4 Å². The van der Waals surface area contributed by atoms with Crippen LogP contribution < -0.4 is 5.32 Å². The maximum absolute atomic E-state index is 13.2. The van der Waals surface area contributed by atoms with Crippen LogP contribution >= 0.6 is 34.3 Å². The van der Waals surface area contributed by atoms with Gasteiger partial charge in [-0.15, -0.1) is 16.4 Å². The number of anilines is 1. The molecule has 3 aromatic heterocycles. The number of thiophene rings is 2.